The Balaban J connectivity index is 2.33. The Morgan fingerprint density at radius 2 is 1.85 bits per heavy atom. The van der Waals surface area contributed by atoms with E-state index in [1.165, 1.54) is 37.4 Å². The highest BCUT2D eigenvalue weighted by molar-refractivity contribution is 6.30. The van der Waals surface area contributed by atoms with Crippen LogP contribution in [0, 0.1) is 10.1 Å². The van der Waals surface area contributed by atoms with Gasteiger partial charge in [0.2, 0.25) is 5.75 Å². The lowest BCUT2D eigenvalue weighted by molar-refractivity contribution is -0.385. The first kappa shape index (κ1) is 20.5. The van der Waals surface area contributed by atoms with E-state index in [0.717, 1.165) is 6.42 Å². The van der Waals surface area contributed by atoms with Gasteiger partial charge < -0.3 is 14.8 Å². The summed E-state index contributed by atoms with van der Waals surface area (Å²) in [4.78, 5) is 23.1. The molecule has 2 rings (SSSR count). The molecular formula is C19H21ClN2O5. The zero-order valence-corrected chi connectivity index (χ0v) is 16.3. The number of halogens is 1. The van der Waals surface area contributed by atoms with Gasteiger partial charge >= 0.3 is 5.69 Å². The Bertz CT molecular complexity index is 867. The van der Waals surface area contributed by atoms with Crippen LogP contribution >= 0.6 is 11.6 Å². The van der Waals surface area contributed by atoms with E-state index in [-0.39, 0.29) is 39.4 Å². The number of nitro groups is 1. The molecule has 0 bridgehead atoms. The van der Waals surface area contributed by atoms with Crippen LogP contribution in [0.5, 0.6) is 17.2 Å². The normalized spacial score (nSPS) is 11.0. The molecule has 0 spiro atoms. The number of hydrogen-bond donors (Lipinski definition) is 1. The van der Waals surface area contributed by atoms with Crippen molar-refractivity contribution in [1.82, 2.24) is 5.32 Å². The lowest BCUT2D eigenvalue weighted by Gasteiger charge is -2.24. The largest absolute Gasteiger partial charge is 0.493 e. The molecule has 0 unspecified atom stereocenters. The average molecular weight is 393 g/mol. The summed E-state index contributed by atoms with van der Waals surface area (Å²) >= 11 is 5.81. The summed E-state index contributed by atoms with van der Waals surface area (Å²) in [5.41, 5.74) is -0.217. The lowest BCUT2D eigenvalue weighted by atomic mass is 10.0. The second-order valence-electron chi connectivity index (χ2n) is 6.53. The Morgan fingerprint density at radius 3 is 2.44 bits per heavy atom. The minimum absolute atomic E-state index is 0.0204. The van der Waals surface area contributed by atoms with Gasteiger partial charge in [0.05, 0.1) is 12.0 Å². The topological polar surface area (TPSA) is 90.7 Å². The van der Waals surface area contributed by atoms with Gasteiger partial charge in [-0.15, -0.1) is 0 Å². The third-order valence-electron chi connectivity index (χ3n) is 4.10. The first-order chi connectivity index (χ1) is 12.7. The molecule has 0 saturated carbocycles. The minimum atomic E-state index is -0.581. The summed E-state index contributed by atoms with van der Waals surface area (Å²) in [7, 11) is 1.43. The van der Waals surface area contributed by atoms with Crippen molar-refractivity contribution in [3.63, 3.8) is 0 Å². The molecule has 0 saturated heterocycles. The average Bonchev–Trinajstić information content (AvgIpc) is 2.62. The van der Waals surface area contributed by atoms with Crippen LogP contribution in [0.25, 0.3) is 0 Å². The molecule has 0 fully saturated rings. The Labute approximate surface area is 162 Å². The summed E-state index contributed by atoms with van der Waals surface area (Å²) in [6.07, 6.45) is 0.775. The fourth-order valence-corrected chi connectivity index (χ4v) is 2.37. The maximum Gasteiger partial charge on any atom is 0.313 e. The van der Waals surface area contributed by atoms with Crippen LogP contribution in [-0.4, -0.2) is 23.5 Å². The zero-order chi connectivity index (χ0) is 20.2. The van der Waals surface area contributed by atoms with Crippen LogP contribution < -0.4 is 14.8 Å². The minimum Gasteiger partial charge on any atom is -0.493 e. The number of nitrogens with one attached hydrogen (secondary N) is 1. The fraction of sp³-hybridized carbons (Fsp3) is 0.316. The van der Waals surface area contributed by atoms with Crippen molar-refractivity contribution in [2.24, 2.45) is 0 Å². The highest BCUT2D eigenvalue weighted by atomic mass is 35.5. The molecule has 8 heteroatoms. The molecule has 0 atom stereocenters. The van der Waals surface area contributed by atoms with Gasteiger partial charge in [-0.05, 0) is 50.6 Å². The van der Waals surface area contributed by atoms with Gasteiger partial charge in [0.1, 0.15) is 0 Å². The van der Waals surface area contributed by atoms with Crippen molar-refractivity contribution in [2.45, 2.75) is 32.7 Å². The maximum atomic E-state index is 12.4. The summed E-state index contributed by atoms with van der Waals surface area (Å²) in [5, 5.41) is 14.4. The predicted octanol–water partition coefficient (Wildman–Crippen LogP) is 4.97. The van der Waals surface area contributed by atoms with Gasteiger partial charge in [-0.1, -0.05) is 18.5 Å². The van der Waals surface area contributed by atoms with Crippen LogP contribution in [-0.2, 0) is 0 Å². The third-order valence-corrected chi connectivity index (χ3v) is 4.33. The number of nitrogens with zero attached hydrogens (tertiary/aromatic N) is 1. The molecule has 144 valence electrons. The molecule has 0 aliphatic rings. The number of methoxy groups -OCH3 is 1. The summed E-state index contributed by atoms with van der Waals surface area (Å²) in [6.45, 7) is 5.84. The van der Waals surface area contributed by atoms with E-state index < -0.39 is 4.92 Å². The van der Waals surface area contributed by atoms with Crippen LogP contribution in [0.15, 0.2) is 36.4 Å². The molecule has 0 aliphatic heterocycles. The SMILES string of the molecule is CCC(C)(C)NC(=O)c1ccc(Oc2ccc(Cl)cc2[N+](=O)[O-])c(OC)c1. The monoisotopic (exact) mass is 392 g/mol. The first-order valence-corrected chi connectivity index (χ1v) is 8.67. The molecule has 0 heterocycles. The van der Waals surface area contributed by atoms with Crippen molar-refractivity contribution in [3.8, 4) is 17.2 Å². The lowest BCUT2D eigenvalue weighted by Crippen LogP contribution is -2.42. The van der Waals surface area contributed by atoms with Gasteiger partial charge in [0, 0.05) is 22.2 Å². The summed E-state index contributed by atoms with van der Waals surface area (Å²) < 4.78 is 10.9. The van der Waals surface area contributed by atoms with E-state index in [0.29, 0.717) is 5.56 Å². The van der Waals surface area contributed by atoms with Gasteiger partial charge in [-0.2, -0.15) is 0 Å². The van der Waals surface area contributed by atoms with E-state index >= 15 is 0 Å². The van der Waals surface area contributed by atoms with Crippen LogP contribution in [0.1, 0.15) is 37.6 Å². The molecule has 1 amide bonds. The Morgan fingerprint density at radius 1 is 1.19 bits per heavy atom. The van der Waals surface area contributed by atoms with Crippen LogP contribution in [0.3, 0.4) is 0 Å². The smallest absolute Gasteiger partial charge is 0.313 e. The van der Waals surface area contributed by atoms with Crippen molar-refractivity contribution in [1.29, 1.82) is 0 Å². The highest BCUT2D eigenvalue weighted by Crippen LogP contribution is 2.37. The molecule has 0 radical (unpaired) electrons. The van der Waals surface area contributed by atoms with Gasteiger partial charge in [-0.25, -0.2) is 0 Å². The number of nitro benzene ring substituents is 1. The van der Waals surface area contributed by atoms with Crippen molar-refractivity contribution >= 4 is 23.2 Å². The third kappa shape index (κ3) is 5.10. The number of ether oxygens (including phenoxy) is 2. The standard InChI is InChI=1S/C19H21ClN2O5/c1-5-19(2,3)21-18(23)12-6-8-16(17(10-12)26-4)27-15-9-7-13(20)11-14(15)22(24)25/h6-11H,5H2,1-4H3,(H,21,23). The quantitative estimate of drug-likeness (QED) is 0.530. The Kier molecular flexibility index (Phi) is 6.28. The molecule has 0 aliphatic carbocycles. The molecule has 1 N–H and O–H groups in total. The van der Waals surface area contributed by atoms with E-state index in [1.807, 2.05) is 20.8 Å². The Hall–Kier alpha value is -2.80. The molecular weight excluding hydrogens is 372 g/mol. The van der Waals surface area contributed by atoms with E-state index in [9.17, 15) is 14.9 Å². The number of amides is 1. The zero-order valence-electron chi connectivity index (χ0n) is 15.5. The van der Waals surface area contributed by atoms with Crippen LogP contribution in [0.4, 0.5) is 5.69 Å². The fourth-order valence-electron chi connectivity index (χ4n) is 2.20. The highest BCUT2D eigenvalue weighted by Gasteiger charge is 2.21. The van der Waals surface area contributed by atoms with Crippen molar-refractivity contribution < 1.29 is 19.2 Å². The summed E-state index contributed by atoms with van der Waals surface area (Å²) in [5.74, 6) is 0.298. The number of benzene rings is 2. The maximum absolute atomic E-state index is 12.4. The van der Waals surface area contributed by atoms with Crippen molar-refractivity contribution in [2.75, 3.05) is 7.11 Å². The van der Waals surface area contributed by atoms with E-state index in [4.69, 9.17) is 21.1 Å². The van der Waals surface area contributed by atoms with Crippen LogP contribution in [0.2, 0.25) is 5.02 Å². The molecule has 27 heavy (non-hydrogen) atoms. The number of carbonyl (C=O) groups is 1. The van der Waals surface area contributed by atoms with E-state index in [1.54, 1.807) is 6.07 Å². The molecule has 7 nitrogen and oxygen atoms in total. The second-order valence-corrected chi connectivity index (χ2v) is 6.96. The number of carbonyl (C=O) groups excluding carboxylic acids is 1. The number of hydrogen-bond acceptors (Lipinski definition) is 5. The second kappa shape index (κ2) is 8.26. The first-order valence-electron chi connectivity index (χ1n) is 8.29. The molecule has 2 aromatic rings. The van der Waals surface area contributed by atoms with Gasteiger partial charge in [0.25, 0.3) is 5.91 Å². The van der Waals surface area contributed by atoms with Crippen molar-refractivity contribution in [3.05, 3.63) is 57.1 Å². The molecule has 0 aromatic heterocycles. The molecule has 2 aromatic carbocycles. The summed E-state index contributed by atoms with van der Waals surface area (Å²) in [6, 6.07) is 8.73. The van der Waals surface area contributed by atoms with Gasteiger partial charge in [-0.3, -0.25) is 14.9 Å². The predicted molar refractivity (Wildman–Crippen MR) is 103 cm³/mol. The number of rotatable bonds is 7. The van der Waals surface area contributed by atoms with Gasteiger partial charge in [0.15, 0.2) is 11.5 Å². The van der Waals surface area contributed by atoms with E-state index in [2.05, 4.69) is 5.32 Å².